The maximum atomic E-state index is 11.4. The zero-order valence-electron chi connectivity index (χ0n) is 14.8. The van der Waals surface area contributed by atoms with Crippen molar-refractivity contribution in [3.8, 4) is 0 Å². The molecule has 1 aliphatic carbocycles. The minimum Gasteiger partial charge on any atom is -0.369 e. The summed E-state index contributed by atoms with van der Waals surface area (Å²) in [5.41, 5.74) is 6.37. The quantitative estimate of drug-likeness (QED) is 0.343. The van der Waals surface area contributed by atoms with E-state index in [0.717, 1.165) is 19.0 Å². The van der Waals surface area contributed by atoms with Crippen LogP contribution in [0.15, 0.2) is 35.3 Å². The fourth-order valence-electron chi connectivity index (χ4n) is 2.46. The molecule has 1 aliphatic rings. The molecule has 5 nitrogen and oxygen atoms in total. The van der Waals surface area contributed by atoms with Crippen LogP contribution in [0.3, 0.4) is 0 Å². The second-order valence-corrected chi connectivity index (χ2v) is 6.94. The average molecular weight is 444 g/mol. The van der Waals surface area contributed by atoms with E-state index in [2.05, 4.69) is 39.9 Å². The molecule has 0 aromatic heterocycles. The van der Waals surface area contributed by atoms with Crippen molar-refractivity contribution in [2.24, 2.45) is 16.1 Å². The highest BCUT2D eigenvalue weighted by Crippen LogP contribution is 2.47. The van der Waals surface area contributed by atoms with Crippen molar-refractivity contribution < 1.29 is 4.79 Å². The van der Waals surface area contributed by atoms with E-state index in [4.69, 9.17) is 5.73 Å². The van der Waals surface area contributed by atoms with Crippen molar-refractivity contribution in [2.75, 3.05) is 19.6 Å². The molecule has 1 amide bonds. The van der Waals surface area contributed by atoms with E-state index in [1.807, 2.05) is 26.8 Å². The molecule has 0 spiro atoms. The van der Waals surface area contributed by atoms with Gasteiger partial charge in [-0.05, 0) is 39.2 Å². The van der Waals surface area contributed by atoms with Gasteiger partial charge in [0.25, 0.3) is 0 Å². The van der Waals surface area contributed by atoms with E-state index in [0.29, 0.717) is 6.54 Å². The van der Waals surface area contributed by atoms with Crippen LogP contribution in [0.4, 0.5) is 0 Å². The number of nitrogens with zero attached hydrogens (tertiary/aromatic N) is 1. The molecule has 0 radical (unpaired) electrons. The third kappa shape index (κ3) is 5.36. The maximum Gasteiger partial charge on any atom is 0.224 e. The lowest BCUT2D eigenvalue weighted by Crippen LogP contribution is -2.42. The van der Waals surface area contributed by atoms with E-state index in [-0.39, 0.29) is 35.3 Å². The molecule has 134 valence electrons. The van der Waals surface area contributed by atoms with Crippen LogP contribution in [0.1, 0.15) is 39.2 Å². The largest absolute Gasteiger partial charge is 0.369 e. The van der Waals surface area contributed by atoms with Gasteiger partial charge in [0.1, 0.15) is 0 Å². The van der Waals surface area contributed by atoms with Gasteiger partial charge >= 0.3 is 0 Å². The summed E-state index contributed by atoms with van der Waals surface area (Å²) < 4.78 is 0. The fourth-order valence-corrected chi connectivity index (χ4v) is 2.46. The number of rotatable bonds is 7. The van der Waals surface area contributed by atoms with Crippen LogP contribution in [-0.4, -0.2) is 31.5 Å². The number of amides is 1. The predicted octanol–water partition coefficient (Wildman–Crippen LogP) is 2.40. The Morgan fingerprint density at radius 2 is 1.88 bits per heavy atom. The number of hydrogen-bond acceptors (Lipinski definition) is 2. The van der Waals surface area contributed by atoms with Crippen LogP contribution in [0.5, 0.6) is 0 Å². The van der Waals surface area contributed by atoms with Crippen molar-refractivity contribution in [1.29, 1.82) is 0 Å². The summed E-state index contributed by atoms with van der Waals surface area (Å²) in [5, 5.41) is 6.65. The molecule has 0 heterocycles. The zero-order valence-corrected chi connectivity index (χ0v) is 17.1. The molecule has 2 rings (SSSR count). The molecule has 1 aromatic rings. The monoisotopic (exact) mass is 444 g/mol. The lowest BCUT2D eigenvalue weighted by Gasteiger charge is -2.21. The maximum absolute atomic E-state index is 11.4. The minimum atomic E-state index is -0.640. The van der Waals surface area contributed by atoms with Crippen LogP contribution < -0.4 is 16.4 Å². The first-order valence-electron chi connectivity index (χ1n) is 8.27. The van der Waals surface area contributed by atoms with Crippen LogP contribution in [0, 0.1) is 5.41 Å². The molecule has 1 fully saturated rings. The SMILES string of the molecule is CCNC(=NCC(C)(C)C(N)=O)NCC1(c2ccccc2)CC1.I. The third-order valence-electron chi connectivity index (χ3n) is 4.48. The van der Waals surface area contributed by atoms with Crippen molar-refractivity contribution in [3.63, 3.8) is 0 Å². The Bertz CT molecular complexity index is 568. The normalized spacial score (nSPS) is 16.0. The Morgan fingerprint density at radius 1 is 1.25 bits per heavy atom. The number of hydrogen-bond donors (Lipinski definition) is 3. The molecular formula is C18H29IN4O. The number of aliphatic imine (C=N–C) groups is 1. The highest BCUT2D eigenvalue weighted by molar-refractivity contribution is 14.0. The van der Waals surface area contributed by atoms with E-state index >= 15 is 0 Å². The summed E-state index contributed by atoms with van der Waals surface area (Å²) in [7, 11) is 0. The number of carbonyl (C=O) groups is 1. The molecule has 4 N–H and O–H groups in total. The minimum absolute atomic E-state index is 0. The van der Waals surface area contributed by atoms with Gasteiger partial charge in [-0.25, -0.2) is 0 Å². The van der Waals surface area contributed by atoms with Crippen LogP contribution in [0.2, 0.25) is 0 Å². The van der Waals surface area contributed by atoms with E-state index in [1.165, 1.54) is 18.4 Å². The molecule has 1 saturated carbocycles. The Balaban J connectivity index is 0.00000288. The first kappa shape index (κ1) is 20.7. The zero-order chi connectivity index (χ0) is 16.9. The third-order valence-corrected chi connectivity index (χ3v) is 4.48. The van der Waals surface area contributed by atoms with Gasteiger partial charge in [-0.1, -0.05) is 30.3 Å². The predicted molar refractivity (Wildman–Crippen MR) is 110 cm³/mol. The number of nitrogens with one attached hydrogen (secondary N) is 2. The lowest BCUT2D eigenvalue weighted by atomic mass is 9.93. The van der Waals surface area contributed by atoms with Crippen molar-refractivity contribution >= 4 is 35.8 Å². The molecule has 24 heavy (non-hydrogen) atoms. The summed E-state index contributed by atoms with van der Waals surface area (Å²) in [6, 6.07) is 10.6. The Kier molecular flexibility index (Phi) is 7.51. The lowest BCUT2D eigenvalue weighted by molar-refractivity contribution is -0.125. The number of primary amides is 1. The summed E-state index contributed by atoms with van der Waals surface area (Å²) in [4.78, 5) is 15.9. The molecule has 6 heteroatoms. The van der Waals surface area contributed by atoms with Gasteiger partial charge in [-0.3, -0.25) is 9.79 Å². The molecular weight excluding hydrogens is 415 g/mol. The number of guanidine groups is 1. The fraction of sp³-hybridized carbons (Fsp3) is 0.556. The Hall–Kier alpha value is -1.31. The van der Waals surface area contributed by atoms with Crippen molar-refractivity contribution in [1.82, 2.24) is 10.6 Å². The Labute approximate surface area is 161 Å². The van der Waals surface area contributed by atoms with Crippen molar-refractivity contribution in [2.45, 2.75) is 39.0 Å². The van der Waals surface area contributed by atoms with Crippen molar-refractivity contribution in [3.05, 3.63) is 35.9 Å². The van der Waals surface area contributed by atoms with Gasteiger partial charge in [-0.15, -0.1) is 24.0 Å². The highest BCUT2D eigenvalue weighted by Gasteiger charge is 2.44. The Morgan fingerprint density at radius 3 is 2.38 bits per heavy atom. The first-order chi connectivity index (χ1) is 10.9. The average Bonchev–Trinajstić information content (AvgIpc) is 3.32. The first-order valence-corrected chi connectivity index (χ1v) is 8.27. The van der Waals surface area contributed by atoms with E-state index in [1.54, 1.807) is 0 Å². The topological polar surface area (TPSA) is 79.5 Å². The number of nitrogens with two attached hydrogens (primary N) is 1. The van der Waals surface area contributed by atoms with Gasteiger partial charge in [0.2, 0.25) is 5.91 Å². The van der Waals surface area contributed by atoms with Gasteiger partial charge in [0.15, 0.2) is 5.96 Å². The number of halogens is 1. The van der Waals surface area contributed by atoms with Gasteiger partial charge in [0, 0.05) is 18.5 Å². The molecule has 0 saturated heterocycles. The number of benzene rings is 1. The molecule has 0 atom stereocenters. The molecule has 0 unspecified atom stereocenters. The van der Waals surface area contributed by atoms with Crippen LogP contribution in [-0.2, 0) is 10.2 Å². The summed E-state index contributed by atoms with van der Waals surface area (Å²) in [6.45, 7) is 7.65. The second-order valence-electron chi connectivity index (χ2n) is 6.94. The number of carbonyl (C=O) groups excluding carboxylic acids is 1. The molecule has 0 bridgehead atoms. The van der Waals surface area contributed by atoms with Gasteiger partial charge < -0.3 is 16.4 Å². The van der Waals surface area contributed by atoms with E-state index < -0.39 is 5.41 Å². The second kappa shape index (κ2) is 8.69. The smallest absolute Gasteiger partial charge is 0.224 e. The highest BCUT2D eigenvalue weighted by atomic mass is 127. The molecule has 1 aromatic carbocycles. The molecule has 0 aliphatic heterocycles. The standard InChI is InChI=1S/C18H28N4O.HI/c1-4-20-16(21-12-17(2,3)15(19)23)22-13-18(10-11-18)14-8-6-5-7-9-14;/h5-9H,4,10-13H2,1-3H3,(H2,19,23)(H2,20,21,22);1H. The summed E-state index contributed by atoms with van der Waals surface area (Å²) >= 11 is 0. The summed E-state index contributed by atoms with van der Waals surface area (Å²) in [5.74, 6) is 0.407. The summed E-state index contributed by atoms with van der Waals surface area (Å²) in [6.07, 6.45) is 2.38. The van der Waals surface area contributed by atoms with Crippen LogP contribution >= 0.6 is 24.0 Å². The van der Waals surface area contributed by atoms with Gasteiger partial charge in [0.05, 0.1) is 12.0 Å². The van der Waals surface area contributed by atoms with Crippen LogP contribution in [0.25, 0.3) is 0 Å². The van der Waals surface area contributed by atoms with Gasteiger partial charge in [-0.2, -0.15) is 0 Å². The van der Waals surface area contributed by atoms with E-state index in [9.17, 15) is 4.79 Å².